The first kappa shape index (κ1) is 20.5. The molecule has 0 radical (unpaired) electrons. The smallest absolute Gasteiger partial charge is 0.191 e. The van der Waals surface area contributed by atoms with Crippen LogP contribution in [0.5, 0.6) is 0 Å². The minimum Gasteiger partial charge on any atom is -0.305 e. The number of hydrogen-bond donors (Lipinski definition) is 0. The van der Waals surface area contributed by atoms with Gasteiger partial charge in [-0.3, -0.25) is 0 Å². The van der Waals surface area contributed by atoms with Crippen LogP contribution in [0.4, 0.5) is 0 Å². The largest absolute Gasteiger partial charge is 0.305 e. The van der Waals surface area contributed by atoms with Crippen LogP contribution in [-0.4, -0.2) is 14.8 Å². The molecule has 29 heavy (non-hydrogen) atoms. The summed E-state index contributed by atoms with van der Waals surface area (Å²) in [5, 5.41) is 13.1. The van der Waals surface area contributed by atoms with Crippen LogP contribution in [0.1, 0.15) is 16.0 Å². The molecule has 3 nitrogen and oxygen atoms in total. The number of nitrogens with zero attached hydrogens (tertiary/aromatic N) is 3. The molecular weight excluding hydrogens is 441 g/mol. The lowest BCUT2D eigenvalue weighted by Gasteiger charge is -2.08. The Balaban J connectivity index is 1.62. The second-order valence-corrected chi connectivity index (χ2v) is 9.69. The van der Waals surface area contributed by atoms with Gasteiger partial charge in [0.1, 0.15) is 0 Å². The number of thioether (sulfide) groups is 1. The Labute approximate surface area is 188 Å². The van der Waals surface area contributed by atoms with Gasteiger partial charge in [0.15, 0.2) is 11.0 Å². The molecule has 0 bridgehead atoms. The van der Waals surface area contributed by atoms with Crippen molar-refractivity contribution in [1.29, 1.82) is 0 Å². The molecule has 0 spiro atoms. The third-order valence-corrected chi connectivity index (χ3v) is 7.48. The van der Waals surface area contributed by atoms with Gasteiger partial charge in [0.05, 0.1) is 10.0 Å². The highest BCUT2D eigenvalue weighted by Gasteiger charge is 2.19. The molecule has 0 atom stereocenters. The Morgan fingerprint density at radius 1 is 1.00 bits per heavy atom. The molecule has 7 heteroatoms. The molecule has 0 fully saturated rings. The average molecular weight is 460 g/mol. The fourth-order valence-corrected chi connectivity index (χ4v) is 5.19. The van der Waals surface area contributed by atoms with E-state index in [-0.39, 0.29) is 0 Å². The summed E-state index contributed by atoms with van der Waals surface area (Å²) < 4.78 is 2.06. The van der Waals surface area contributed by atoms with E-state index in [1.807, 2.05) is 25.2 Å². The van der Waals surface area contributed by atoms with Crippen molar-refractivity contribution >= 4 is 46.3 Å². The van der Waals surface area contributed by atoms with Crippen molar-refractivity contribution in [3.05, 3.63) is 73.9 Å². The zero-order valence-electron chi connectivity index (χ0n) is 16.2. The highest BCUT2D eigenvalue weighted by atomic mass is 35.5. The van der Waals surface area contributed by atoms with Crippen LogP contribution in [-0.2, 0) is 12.8 Å². The lowest BCUT2D eigenvalue weighted by molar-refractivity contribution is 0.794. The molecule has 0 saturated heterocycles. The topological polar surface area (TPSA) is 30.7 Å². The minimum absolute atomic E-state index is 0.567. The predicted molar refractivity (Wildman–Crippen MR) is 125 cm³/mol. The van der Waals surface area contributed by atoms with Crippen molar-refractivity contribution in [2.75, 3.05) is 0 Å². The fourth-order valence-electron chi connectivity index (χ4n) is 3.15. The van der Waals surface area contributed by atoms with Crippen LogP contribution in [0, 0.1) is 13.8 Å². The van der Waals surface area contributed by atoms with Crippen LogP contribution >= 0.6 is 46.3 Å². The van der Waals surface area contributed by atoms with Crippen molar-refractivity contribution in [3.8, 4) is 22.5 Å². The quantitative estimate of drug-likeness (QED) is 0.290. The van der Waals surface area contributed by atoms with E-state index in [0.29, 0.717) is 10.0 Å². The molecule has 2 aromatic carbocycles. The van der Waals surface area contributed by atoms with Gasteiger partial charge in [-0.2, -0.15) is 0 Å². The highest BCUT2D eigenvalue weighted by Crippen LogP contribution is 2.39. The van der Waals surface area contributed by atoms with Gasteiger partial charge in [0.2, 0.25) is 0 Å². The van der Waals surface area contributed by atoms with E-state index in [4.69, 9.17) is 23.2 Å². The van der Waals surface area contributed by atoms with E-state index in [0.717, 1.165) is 27.9 Å². The first-order valence-corrected chi connectivity index (χ1v) is 11.7. The zero-order valence-corrected chi connectivity index (χ0v) is 19.4. The van der Waals surface area contributed by atoms with Gasteiger partial charge in [0.25, 0.3) is 0 Å². The van der Waals surface area contributed by atoms with Crippen LogP contribution in [0.15, 0.2) is 53.0 Å². The number of aromatic nitrogens is 3. The Morgan fingerprint density at radius 2 is 1.76 bits per heavy atom. The fraction of sp³-hybridized carbons (Fsp3) is 0.182. The van der Waals surface area contributed by atoms with Crippen LogP contribution in [0.3, 0.4) is 0 Å². The van der Waals surface area contributed by atoms with E-state index in [2.05, 4.69) is 58.3 Å². The first-order valence-electron chi connectivity index (χ1n) is 9.05. The summed E-state index contributed by atoms with van der Waals surface area (Å²) >= 11 is 15.5. The third kappa shape index (κ3) is 4.24. The average Bonchev–Trinajstić information content (AvgIpc) is 3.26. The maximum Gasteiger partial charge on any atom is 0.191 e. The Morgan fingerprint density at radius 3 is 2.48 bits per heavy atom. The lowest BCUT2D eigenvalue weighted by Crippen LogP contribution is -1.96. The number of rotatable bonds is 5. The molecule has 4 aromatic rings. The van der Waals surface area contributed by atoms with Gasteiger partial charge in [-0.25, -0.2) is 0 Å². The van der Waals surface area contributed by atoms with E-state index >= 15 is 0 Å². The van der Waals surface area contributed by atoms with Gasteiger partial charge in [-0.05, 0) is 37.1 Å². The maximum atomic E-state index is 6.13. The second kappa shape index (κ2) is 8.52. The number of aryl methyl sites for hydroxylation is 2. The molecule has 0 N–H and O–H groups in total. The molecule has 0 amide bonds. The molecule has 0 aliphatic heterocycles. The monoisotopic (exact) mass is 459 g/mol. The highest BCUT2D eigenvalue weighted by molar-refractivity contribution is 7.98. The summed E-state index contributed by atoms with van der Waals surface area (Å²) in [6, 6.07) is 14.3. The number of halogens is 2. The van der Waals surface area contributed by atoms with Crippen LogP contribution in [0.2, 0.25) is 10.0 Å². The van der Waals surface area contributed by atoms with Crippen molar-refractivity contribution < 1.29 is 0 Å². The minimum atomic E-state index is 0.567. The molecule has 0 aliphatic rings. The molecule has 4 rings (SSSR count). The van der Waals surface area contributed by atoms with Gasteiger partial charge in [-0.15, -0.1) is 21.5 Å². The van der Waals surface area contributed by atoms with Gasteiger partial charge in [0, 0.05) is 34.2 Å². The maximum absolute atomic E-state index is 6.13. The van der Waals surface area contributed by atoms with Gasteiger partial charge < -0.3 is 4.57 Å². The summed E-state index contributed by atoms with van der Waals surface area (Å²) in [6.45, 7) is 4.25. The summed E-state index contributed by atoms with van der Waals surface area (Å²) in [7, 11) is 2.01. The van der Waals surface area contributed by atoms with Crippen LogP contribution in [0.25, 0.3) is 22.5 Å². The molecule has 0 unspecified atom stereocenters. The van der Waals surface area contributed by atoms with Crippen LogP contribution < -0.4 is 0 Å². The number of thiophene rings is 1. The zero-order chi connectivity index (χ0) is 20.5. The van der Waals surface area contributed by atoms with Crippen molar-refractivity contribution in [2.24, 2.45) is 7.05 Å². The van der Waals surface area contributed by atoms with Gasteiger partial charge in [-0.1, -0.05) is 70.9 Å². The molecule has 2 heterocycles. The van der Waals surface area contributed by atoms with Crippen molar-refractivity contribution in [2.45, 2.75) is 24.8 Å². The third-order valence-electron chi connectivity index (χ3n) is 4.74. The summed E-state index contributed by atoms with van der Waals surface area (Å²) in [5.41, 5.74) is 5.90. The molecule has 0 aliphatic carbocycles. The first-order chi connectivity index (χ1) is 13.9. The SMILES string of the molecule is Cc1ccc(-c2c(-c3nnc(SCc4ccc(Cl)c(Cl)c4)n3C)csc2C)cc1. The van der Waals surface area contributed by atoms with E-state index in [1.54, 1.807) is 23.1 Å². The van der Waals surface area contributed by atoms with Gasteiger partial charge >= 0.3 is 0 Å². The van der Waals surface area contributed by atoms with E-state index in [9.17, 15) is 0 Å². The van der Waals surface area contributed by atoms with Crippen molar-refractivity contribution in [1.82, 2.24) is 14.8 Å². The Kier molecular flexibility index (Phi) is 6.02. The van der Waals surface area contributed by atoms with Crippen molar-refractivity contribution in [3.63, 3.8) is 0 Å². The summed E-state index contributed by atoms with van der Waals surface area (Å²) in [6.07, 6.45) is 0. The number of hydrogen-bond acceptors (Lipinski definition) is 4. The lowest BCUT2D eigenvalue weighted by atomic mass is 10.0. The molecule has 148 valence electrons. The Bertz CT molecular complexity index is 1160. The van der Waals surface area contributed by atoms with E-state index < -0.39 is 0 Å². The normalized spacial score (nSPS) is 11.2. The standard InChI is InChI=1S/C22H19Cl2N3S2/c1-13-4-7-16(8-5-13)20-14(2)28-12-17(20)21-25-26-22(27(21)3)29-11-15-6-9-18(23)19(24)10-15/h4-10,12H,11H2,1-3H3. The molecule has 0 saturated carbocycles. The predicted octanol–water partition coefficient (Wildman–Crippen LogP) is 7.43. The summed E-state index contributed by atoms with van der Waals surface area (Å²) in [5.74, 6) is 1.62. The second-order valence-electron chi connectivity index (χ2n) is 6.85. The summed E-state index contributed by atoms with van der Waals surface area (Å²) in [4.78, 5) is 1.27. The number of benzene rings is 2. The Hall–Kier alpha value is -1.79. The molecular formula is C22H19Cl2N3S2. The molecule has 2 aromatic heterocycles. The van der Waals surface area contributed by atoms with E-state index in [1.165, 1.54) is 21.6 Å².